The van der Waals surface area contributed by atoms with E-state index in [1.807, 2.05) is 6.92 Å². The fourth-order valence-corrected chi connectivity index (χ4v) is 1.77. The van der Waals surface area contributed by atoms with Crippen LogP contribution in [0.4, 0.5) is 11.4 Å². The number of nitrogen functional groups attached to an aromatic ring is 1. The van der Waals surface area contributed by atoms with Crippen molar-refractivity contribution in [3.63, 3.8) is 0 Å². The Hall–Kier alpha value is -2.57. The Morgan fingerprint density at radius 1 is 1.53 bits per heavy atom. The first-order chi connectivity index (χ1) is 9.02. The van der Waals surface area contributed by atoms with Gasteiger partial charge in [0.05, 0.1) is 4.92 Å². The van der Waals surface area contributed by atoms with Gasteiger partial charge in [0.2, 0.25) is 0 Å². The Morgan fingerprint density at radius 3 is 2.84 bits per heavy atom. The van der Waals surface area contributed by atoms with Crippen LogP contribution >= 0.6 is 0 Å². The van der Waals surface area contributed by atoms with Gasteiger partial charge in [-0.3, -0.25) is 10.1 Å². The number of anilines is 1. The lowest BCUT2D eigenvalue weighted by molar-refractivity contribution is -0.386. The zero-order valence-electron chi connectivity index (χ0n) is 10.7. The fraction of sp³-hybridized carbons (Fsp3) is 0.250. The van der Waals surface area contributed by atoms with E-state index in [2.05, 4.69) is 5.10 Å². The Morgan fingerprint density at radius 2 is 2.26 bits per heavy atom. The van der Waals surface area contributed by atoms with Crippen molar-refractivity contribution in [1.82, 2.24) is 9.78 Å². The van der Waals surface area contributed by atoms with Crippen LogP contribution in [0.15, 0.2) is 24.3 Å². The van der Waals surface area contributed by atoms with Crippen LogP contribution in [0.5, 0.6) is 11.6 Å². The highest BCUT2D eigenvalue weighted by molar-refractivity contribution is 5.50. The minimum atomic E-state index is -0.490. The van der Waals surface area contributed by atoms with Gasteiger partial charge in [-0.15, -0.1) is 0 Å². The molecule has 0 unspecified atom stereocenters. The highest BCUT2D eigenvalue weighted by atomic mass is 16.6. The summed E-state index contributed by atoms with van der Waals surface area (Å²) in [6, 6.07) is 6.72. The maximum Gasteiger partial charge on any atom is 0.353 e. The molecule has 1 heterocycles. The number of aryl methyl sites for hydroxylation is 2. The number of hydrogen-bond acceptors (Lipinski definition) is 5. The molecule has 0 atom stereocenters. The quantitative estimate of drug-likeness (QED) is 0.518. The second-order valence-electron chi connectivity index (χ2n) is 3.99. The van der Waals surface area contributed by atoms with Gasteiger partial charge >= 0.3 is 5.69 Å². The molecule has 0 bridgehead atoms. The summed E-state index contributed by atoms with van der Waals surface area (Å²) < 4.78 is 7.03. The molecule has 0 aliphatic heterocycles. The minimum absolute atomic E-state index is 0.121. The Labute approximate surface area is 109 Å². The highest BCUT2D eigenvalue weighted by Crippen LogP contribution is 2.34. The minimum Gasteiger partial charge on any atom is -0.434 e. The normalized spacial score (nSPS) is 10.4. The SMILES string of the molecule is CCn1nc(C)c([N+](=O)[O-])c1Oc1cccc(N)c1. The van der Waals surface area contributed by atoms with Crippen LogP contribution in [-0.4, -0.2) is 14.7 Å². The van der Waals surface area contributed by atoms with E-state index >= 15 is 0 Å². The van der Waals surface area contributed by atoms with Gasteiger partial charge in [-0.05, 0) is 26.0 Å². The Balaban J connectivity index is 2.46. The van der Waals surface area contributed by atoms with Crippen LogP contribution in [-0.2, 0) is 6.54 Å². The smallest absolute Gasteiger partial charge is 0.353 e. The van der Waals surface area contributed by atoms with Crippen LogP contribution in [0.2, 0.25) is 0 Å². The number of nitrogens with zero attached hydrogens (tertiary/aromatic N) is 3. The summed E-state index contributed by atoms with van der Waals surface area (Å²) in [5.74, 6) is 0.563. The van der Waals surface area contributed by atoms with E-state index in [-0.39, 0.29) is 11.6 Å². The number of ether oxygens (including phenoxy) is 1. The monoisotopic (exact) mass is 262 g/mol. The standard InChI is InChI=1S/C12H14N4O3/c1-3-15-12(11(16(17)18)8(2)14-15)19-10-6-4-5-9(13)7-10/h4-7H,3,13H2,1-2H3. The molecule has 0 radical (unpaired) electrons. The lowest BCUT2D eigenvalue weighted by Gasteiger charge is -2.07. The van der Waals surface area contributed by atoms with Gasteiger partial charge in [0.1, 0.15) is 11.4 Å². The molecule has 100 valence electrons. The first-order valence-corrected chi connectivity index (χ1v) is 5.78. The summed E-state index contributed by atoms with van der Waals surface area (Å²) in [6.07, 6.45) is 0. The van der Waals surface area contributed by atoms with E-state index in [9.17, 15) is 10.1 Å². The van der Waals surface area contributed by atoms with Gasteiger partial charge in [0.25, 0.3) is 5.88 Å². The lowest BCUT2D eigenvalue weighted by Crippen LogP contribution is -2.01. The summed E-state index contributed by atoms with van der Waals surface area (Å²) in [7, 11) is 0. The Bertz CT molecular complexity index is 621. The molecular weight excluding hydrogens is 248 g/mol. The Kier molecular flexibility index (Phi) is 3.37. The van der Waals surface area contributed by atoms with Gasteiger partial charge < -0.3 is 10.5 Å². The van der Waals surface area contributed by atoms with E-state index in [1.54, 1.807) is 31.2 Å². The topological polar surface area (TPSA) is 96.2 Å². The van der Waals surface area contributed by atoms with Crippen molar-refractivity contribution < 1.29 is 9.66 Å². The van der Waals surface area contributed by atoms with Gasteiger partial charge in [-0.1, -0.05) is 6.07 Å². The average molecular weight is 262 g/mol. The molecule has 0 saturated carbocycles. The average Bonchev–Trinajstić information content (AvgIpc) is 2.65. The molecule has 0 fully saturated rings. The maximum absolute atomic E-state index is 11.1. The molecule has 0 saturated heterocycles. The van der Waals surface area contributed by atoms with E-state index in [1.165, 1.54) is 4.68 Å². The van der Waals surface area contributed by atoms with Crippen molar-refractivity contribution in [2.45, 2.75) is 20.4 Å². The van der Waals surface area contributed by atoms with E-state index in [0.29, 0.717) is 23.7 Å². The third-order valence-corrected chi connectivity index (χ3v) is 2.61. The van der Waals surface area contributed by atoms with E-state index in [0.717, 1.165) is 0 Å². The number of aromatic nitrogens is 2. The number of hydrogen-bond donors (Lipinski definition) is 1. The van der Waals surface area contributed by atoms with Crippen molar-refractivity contribution in [3.8, 4) is 11.6 Å². The number of benzene rings is 1. The molecule has 0 spiro atoms. The van der Waals surface area contributed by atoms with Crippen molar-refractivity contribution in [1.29, 1.82) is 0 Å². The van der Waals surface area contributed by atoms with Crippen molar-refractivity contribution >= 4 is 11.4 Å². The third kappa shape index (κ3) is 2.49. The predicted molar refractivity (Wildman–Crippen MR) is 70.2 cm³/mol. The molecule has 19 heavy (non-hydrogen) atoms. The molecule has 7 nitrogen and oxygen atoms in total. The molecule has 0 amide bonds. The molecule has 2 N–H and O–H groups in total. The molecule has 0 aliphatic rings. The zero-order valence-corrected chi connectivity index (χ0v) is 10.7. The molecule has 0 aliphatic carbocycles. The van der Waals surface area contributed by atoms with Crippen LogP contribution in [0, 0.1) is 17.0 Å². The first-order valence-electron chi connectivity index (χ1n) is 5.78. The van der Waals surface area contributed by atoms with Gasteiger partial charge in [0, 0.05) is 18.3 Å². The number of nitro groups is 1. The first kappa shape index (κ1) is 12.9. The van der Waals surface area contributed by atoms with E-state index < -0.39 is 4.92 Å². The maximum atomic E-state index is 11.1. The van der Waals surface area contributed by atoms with Crippen molar-refractivity contribution in [3.05, 3.63) is 40.1 Å². The van der Waals surface area contributed by atoms with Crippen molar-refractivity contribution in [2.24, 2.45) is 0 Å². The summed E-state index contributed by atoms with van der Waals surface area (Å²) in [5, 5.41) is 15.2. The lowest BCUT2D eigenvalue weighted by atomic mass is 10.3. The third-order valence-electron chi connectivity index (χ3n) is 2.61. The van der Waals surface area contributed by atoms with Crippen LogP contribution in [0.25, 0.3) is 0 Å². The largest absolute Gasteiger partial charge is 0.434 e. The number of nitrogens with two attached hydrogens (primary N) is 1. The van der Waals surface area contributed by atoms with Gasteiger partial charge in [0.15, 0.2) is 0 Å². The van der Waals surface area contributed by atoms with Crippen LogP contribution in [0.3, 0.4) is 0 Å². The molecule has 2 rings (SSSR count). The summed E-state index contributed by atoms with van der Waals surface area (Å²) in [5.41, 5.74) is 6.38. The van der Waals surface area contributed by atoms with Crippen LogP contribution in [0.1, 0.15) is 12.6 Å². The summed E-state index contributed by atoms with van der Waals surface area (Å²) >= 11 is 0. The molecule has 7 heteroatoms. The molecular formula is C12H14N4O3. The molecule has 1 aromatic heterocycles. The summed E-state index contributed by atoms with van der Waals surface area (Å²) in [6.45, 7) is 3.89. The molecule has 1 aromatic carbocycles. The second-order valence-corrected chi connectivity index (χ2v) is 3.99. The predicted octanol–water partition coefficient (Wildman–Crippen LogP) is 2.49. The fourth-order valence-electron chi connectivity index (χ4n) is 1.77. The van der Waals surface area contributed by atoms with Crippen molar-refractivity contribution in [2.75, 3.05) is 5.73 Å². The van der Waals surface area contributed by atoms with Crippen LogP contribution < -0.4 is 10.5 Å². The highest BCUT2D eigenvalue weighted by Gasteiger charge is 2.27. The van der Waals surface area contributed by atoms with E-state index in [4.69, 9.17) is 10.5 Å². The van der Waals surface area contributed by atoms with Gasteiger partial charge in [-0.25, -0.2) is 4.68 Å². The van der Waals surface area contributed by atoms with Gasteiger partial charge in [-0.2, -0.15) is 5.10 Å². The summed E-state index contributed by atoms with van der Waals surface area (Å²) in [4.78, 5) is 10.6. The number of rotatable bonds is 4. The zero-order chi connectivity index (χ0) is 14.0. The second kappa shape index (κ2) is 4.97. The molecule has 2 aromatic rings.